The van der Waals surface area contributed by atoms with Gasteiger partial charge in [0.05, 0.1) is 11.4 Å². The van der Waals surface area contributed by atoms with Crippen molar-refractivity contribution in [2.24, 2.45) is 0 Å². The molecule has 4 heteroatoms. The predicted molar refractivity (Wildman–Crippen MR) is 75.2 cm³/mol. The molecule has 0 fully saturated rings. The summed E-state index contributed by atoms with van der Waals surface area (Å²) in [5.41, 5.74) is 3.61. The third-order valence-electron chi connectivity index (χ3n) is 3.53. The van der Waals surface area contributed by atoms with Crippen LogP contribution < -0.4 is 5.32 Å². The summed E-state index contributed by atoms with van der Waals surface area (Å²) in [6, 6.07) is 6.18. The fraction of sp³-hybridized carbons (Fsp3) is 0.400. The van der Waals surface area contributed by atoms with Crippen LogP contribution in [0.2, 0.25) is 0 Å². The van der Waals surface area contributed by atoms with Crippen molar-refractivity contribution in [2.45, 2.75) is 32.1 Å². The van der Waals surface area contributed by atoms with Crippen molar-refractivity contribution in [2.75, 3.05) is 11.9 Å². The monoisotopic (exact) mass is 254 g/mol. The highest BCUT2D eigenvalue weighted by Gasteiger charge is 2.26. The van der Waals surface area contributed by atoms with Crippen molar-refractivity contribution in [3.63, 3.8) is 0 Å². The maximum Gasteiger partial charge on any atom is 0.222 e. The van der Waals surface area contributed by atoms with Gasteiger partial charge in [0.2, 0.25) is 5.95 Å². The lowest BCUT2D eigenvalue weighted by Gasteiger charge is -2.11. The second-order valence-electron chi connectivity index (χ2n) is 4.87. The highest BCUT2D eigenvalue weighted by atomic mass is 15.1. The van der Waals surface area contributed by atoms with E-state index in [1.807, 2.05) is 24.5 Å². The topological polar surface area (TPSA) is 50.7 Å². The molecule has 2 aromatic heterocycles. The van der Waals surface area contributed by atoms with Gasteiger partial charge in [-0.2, -0.15) is 0 Å². The number of nitrogens with one attached hydrogen (secondary N) is 1. The average Bonchev–Trinajstić information content (AvgIpc) is 2.89. The molecular formula is C15H18N4. The Hall–Kier alpha value is -1.97. The van der Waals surface area contributed by atoms with Crippen LogP contribution in [0.3, 0.4) is 0 Å². The van der Waals surface area contributed by atoms with Gasteiger partial charge in [0, 0.05) is 24.9 Å². The molecule has 0 saturated carbocycles. The lowest BCUT2D eigenvalue weighted by atomic mass is 10.0. The summed E-state index contributed by atoms with van der Waals surface area (Å²) >= 11 is 0. The molecule has 0 amide bonds. The summed E-state index contributed by atoms with van der Waals surface area (Å²) in [7, 11) is 0. The summed E-state index contributed by atoms with van der Waals surface area (Å²) in [6.07, 6.45) is 6.96. The Kier molecular flexibility index (Phi) is 3.40. The molecule has 0 bridgehead atoms. The molecule has 98 valence electrons. The standard InChI is InChI=1S/C15H18N4/c1-2-8-17-15-18-10-7-13(19-15)12-6-5-11-4-3-9-16-14(11)12/h3-4,7,9-10,12H,2,5-6,8H2,1H3,(H,17,18,19). The Balaban J connectivity index is 1.87. The zero-order valence-corrected chi connectivity index (χ0v) is 11.1. The number of anilines is 1. The van der Waals surface area contributed by atoms with Gasteiger partial charge in [-0.05, 0) is 37.0 Å². The fourth-order valence-electron chi connectivity index (χ4n) is 2.59. The van der Waals surface area contributed by atoms with Crippen molar-refractivity contribution in [3.8, 4) is 0 Å². The van der Waals surface area contributed by atoms with Crippen LogP contribution >= 0.6 is 0 Å². The molecule has 0 spiro atoms. The quantitative estimate of drug-likeness (QED) is 0.911. The number of aromatic nitrogens is 3. The van der Waals surface area contributed by atoms with Crippen LogP contribution in [0, 0.1) is 0 Å². The summed E-state index contributed by atoms with van der Waals surface area (Å²) in [6.45, 7) is 3.04. The van der Waals surface area contributed by atoms with Gasteiger partial charge in [0.1, 0.15) is 0 Å². The molecule has 1 atom stereocenters. The van der Waals surface area contributed by atoms with Crippen molar-refractivity contribution < 1.29 is 0 Å². The van der Waals surface area contributed by atoms with Crippen LogP contribution in [-0.2, 0) is 6.42 Å². The summed E-state index contributed by atoms with van der Waals surface area (Å²) in [5.74, 6) is 1.05. The molecule has 2 heterocycles. The maximum atomic E-state index is 4.63. The maximum absolute atomic E-state index is 4.63. The van der Waals surface area contributed by atoms with E-state index in [4.69, 9.17) is 0 Å². The number of nitrogens with zero attached hydrogens (tertiary/aromatic N) is 3. The Bertz CT molecular complexity index is 568. The van der Waals surface area contributed by atoms with Gasteiger partial charge in [-0.15, -0.1) is 0 Å². The molecule has 19 heavy (non-hydrogen) atoms. The summed E-state index contributed by atoms with van der Waals surface area (Å²) in [4.78, 5) is 13.4. The third kappa shape index (κ3) is 2.43. The lowest BCUT2D eigenvalue weighted by molar-refractivity contribution is 0.742. The Labute approximate surface area is 113 Å². The molecule has 0 aliphatic heterocycles. The van der Waals surface area contributed by atoms with Crippen LogP contribution in [0.1, 0.15) is 42.6 Å². The van der Waals surface area contributed by atoms with E-state index in [2.05, 4.69) is 33.3 Å². The smallest absolute Gasteiger partial charge is 0.222 e. The van der Waals surface area contributed by atoms with Gasteiger partial charge in [-0.25, -0.2) is 9.97 Å². The second kappa shape index (κ2) is 5.34. The average molecular weight is 254 g/mol. The van der Waals surface area contributed by atoms with Gasteiger partial charge < -0.3 is 5.32 Å². The van der Waals surface area contributed by atoms with Crippen LogP contribution in [0.5, 0.6) is 0 Å². The first kappa shape index (κ1) is 12.1. The minimum atomic E-state index is 0.321. The van der Waals surface area contributed by atoms with Crippen LogP contribution in [0.25, 0.3) is 0 Å². The van der Waals surface area contributed by atoms with Crippen molar-refractivity contribution in [1.29, 1.82) is 0 Å². The molecule has 0 aromatic carbocycles. The van der Waals surface area contributed by atoms with Gasteiger partial charge >= 0.3 is 0 Å². The molecular weight excluding hydrogens is 236 g/mol. The van der Waals surface area contributed by atoms with Crippen LogP contribution in [0.15, 0.2) is 30.6 Å². The number of aryl methyl sites for hydroxylation is 1. The zero-order chi connectivity index (χ0) is 13.1. The number of hydrogen-bond donors (Lipinski definition) is 1. The Morgan fingerprint density at radius 1 is 1.26 bits per heavy atom. The van der Waals surface area contributed by atoms with Gasteiger partial charge in [-0.1, -0.05) is 13.0 Å². The van der Waals surface area contributed by atoms with Gasteiger partial charge in [-0.3, -0.25) is 4.98 Å². The van der Waals surface area contributed by atoms with Crippen LogP contribution in [0.4, 0.5) is 5.95 Å². The molecule has 1 unspecified atom stereocenters. The van der Waals surface area contributed by atoms with Gasteiger partial charge in [0.25, 0.3) is 0 Å². The zero-order valence-electron chi connectivity index (χ0n) is 11.1. The first-order valence-electron chi connectivity index (χ1n) is 6.89. The van der Waals surface area contributed by atoms with E-state index in [1.54, 1.807) is 0 Å². The van der Waals surface area contributed by atoms with E-state index in [1.165, 1.54) is 11.3 Å². The number of pyridine rings is 1. The van der Waals surface area contributed by atoms with Gasteiger partial charge in [0.15, 0.2) is 0 Å². The lowest BCUT2D eigenvalue weighted by Crippen LogP contribution is -2.08. The van der Waals surface area contributed by atoms with E-state index in [9.17, 15) is 0 Å². The highest BCUT2D eigenvalue weighted by Crippen LogP contribution is 2.35. The largest absolute Gasteiger partial charge is 0.354 e. The minimum Gasteiger partial charge on any atom is -0.354 e. The van der Waals surface area contributed by atoms with E-state index >= 15 is 0 Å². The molecule has 3 rings (SSSR count). The fourth-order valence-corrected chi connectivity index (χ4v) is 2.59. The molecule has 0 radical (unpaired) electrons. The normalized spacial score (nSPS) is 17.2. The van der Waals surface area contributed by atoms with E-state index in [0.29, 0.717) is 5.92 Å². The number of fused-ring (bicyclic) bond motifs is 1. The Morgan fingerprint density at radius 2 is 2.21 bits per heavy atom. The highest BCUT2D eigenvalue weighted by molar-refractivity contribution is 5.36. The Morgan fingerprint density at radius 3 is 3.11 bits per heavy atom. The number of rotatable bonds is 4. The number of hydrogen-bond acceptors (Lipinski definition) is 4. The molecule has 1 aliphatic rings. The first-order valence-corrected chi connectivity index (χ1v) is 6.89. The van der Waals surface area contributed by atoms with Crippen molar-refractivity contribution in [1.82, 2.24) is 15.0 Å². The van der Waals surface area contributed by atoms with Crippen LogP contribution in [-0.4, -0.2) is 21.5 Å². The molecule has 0 saturated heterocycles. The van der Waals surface area contributed by atoms with E-state index < -0.39 is 0 Å². The third-order valence-corrected chi connectivity index (χ3v) is 3.53. The van der Waals surface area contributed by atoms with E-state index in [-0.39, 0.29) is 0 Å². The summed E-state index contributed by atoms with van der Waals surface area (Å²) in [5, 5.41) is 3.24. The minimum absolute atomic E-state index is 0.321. The second-order valence-corrected chi connectivity index (χ2v) is 4.87. The van der Waals surface area contributed by atoms with Crippen molar-refractivity contribution in [3.05, 3.63) is 47.5 Å². The molecule has 2 aromatic rings. The van der Waals surface area contributed by atoms with Crippen molar-refractivity contribution >= 4 is 5.95 Å². The summed E-state index contributed by atoms with van der Waals surface area (Å²) < 4.78 is 0. The van der Waals surface area contributed by atoms with E-state index in [0.717, 1.165) is 37.4 Å². The molecule has 1 N–H and O–H groups in total. The SMILES string of the molecule is CCCNc1nccc(C2CCc3cccnc32)n1. The molecule has 1 aliphatic carbocycles. The first-order chi connectivity index (χ1) is 9.38. The predicted octanol–water partition coefficient (Wildman–Crippen LogP) is 2.77. The molecule has 4 nitrogen and oxygen atoms in total.